The zero-order valence-electron chi connectivity index (χ0n) is 7.67. The maximum atomic E-state index is 11.4. The van der Waals surface area contributed by atoms with Crippen LogP contribution in [0.3, 0.4) is 0 Å². The zero-order chi connectivity index (χ0) is 8.97. The van der Waals surface area contributed by atoms with E-state index in [0.717, 1.165) is 19.6 Å². The number of hydrogen-bond donors (Lipinski definition) is 1. The molecule has 1 aliphatic heterocycles. The summed E-state index contributed by atoms with van der Waals surface area (Å²) >= 11 is 1.59. The lowest BCUT2D eigenvalue weighted by Gasteiger charge is -2.31. The minimum Gasteiger partial charge on any atom is -0.339 e. The topological polar surface area (TPSA) is 32.3 Å². The van der Waals surface area contributed by atoms with Gasteiger partial charge in [0.2, 0.25) is 5.91 Å². The molecule has 1 fully saturated rings. The average Bonchev–Trinajstić information content (AvgIpc) is 2.05. The molecule has 0 spiro atoms. The Morgan fingerprint density at radius 1 is 1.75 bits per heavy atom. The van der Waals surface area contributed by atoms with Crippen LogP contribution in [0, 0.1) is 0 Å². The molecular formula is C8H16N2OS. The predicted octanol–water partition coefficient (Wildman–Crippen LogP) is 0.170. The fraction of sp³-hybridized carbons (Fsp3) is 0.875. The van der Waals surface area contributed by atoms with Crippen molar-refractivity contribution >= 4 is 17.7 Å². The first-order valence-electron chi connectivity index (χ1n) is 4.24. The molecule has 70 valence electrons. The van der Waals surface area contributed by atoms with Gasteiger partial charge in [-0.25, -0.2) is 0 Å². The van der Waals surface area contributed by atoms with Gasteiger partial charge in [-0.05, 0) is 13.2 Å². The van der Waals surface area contributed by atoms with Crippen molar-refractivity contribution in [2.45, 2.75) is 13.0 Å². The highest BCUT2D eigenvalue weighted by molar-refractivity contribution is 7.99. The zero-order valence-corrected chi connectivity index (χ0v) is 8.49. The van der Waals surface area contributed by atoms with Crippen molar-refractivity contribution in [3.05, 3.63) is 0 Å². The average molecular weight is 188 g/mol. The molecule has 0 aromatic carbocycles. The number of thioether (sulfide) groups is 1. The number of piperazine rings is 1. The second kappa shape index (κ2) is 4.72. The van der Waals surface area contributed by atoms with Crippen molar-refractivity contribution in [2.24, 2.45) is 0 Å². The maximum Gasteiger partial charge on any atom is 0.232 e. The molecule has 0 aromatic rings. The summed E-state index contributed by atoms with van der Waals surface area (Å²) in [4.78, 5) is 13.4. The molecule has 1 heterocycles. The van der Waals surface area contributed by atoms with Gasteiger partial charge in [-0.15, -0.1) is 0 Å². The van der Waals surface area contributed by atoms with E-state index in [1.165, 1.54) is 0 Å². The Morgan fingerprint density at radius 2 is 2.50 bits per heavy atom. The number of nitrogens with one attached hydrogen (secondary N) is 1. The number of hydrogen-bond acceptors (Lipinski definition) is 3. The van der Waals surface area contributed by atoms with E-state index < -0.39 is 0 Å². The SMILES string of the molecule is CSCC(=O)N1CCNC(C)C1. The first-order chi connectivity index (χ1) is 5.74. The van der Waals surface area contributed by atoms with E-state index in [0.29, 0.717) is 11.8 Å². The summed E-state index contributed by atoms with van der Waals surface area (Å²) in [6.45, 7) is 4.77. The van der Waals surface area contributed by atoms with Crippen LogP contribution < -0.4 is 5.32 Å². The summed E-state index contributed by atoms with van der Waals surface area (Å²) in [5, 5.41) is 3.31. The molecule has 3 nitrogen and oxygen atoms in total. The Kier molecular flexibility index (Phi) is 3.88. The standard InChI is InChI=1S/C8H16N2OS/c1-7-5-10(4-3-9-7)8(11)6-12-2/h7,9H,3-6H2,1-2H3. The lowest BCUT2D eigenvalue weighted by molar-refractivity contribution is -0.129. The van der Waals surface area contributed by atoms with Crippen LogP contribution in [0.1, 0.15) is 6.92 Å². The molecule has 1 amide bonds. The van der Waals surface area contributed by atoms with E-state index >= 15 is 0 Å². The third-order valence-corrected chi connectivity index (χ3v) is 2.52. The minimum absolute atomic E-state index is 0.274. The van der Waals surface area contributed by atoms with Gasteiger partial charge in [-0.1, -0.05) is 0 Å². The first-order valence-corrected chi connectivity index (χ1v) is 5.63. The molecule has 1 rings (SSSR count). The van der Waals surface area contributed by atoms with Crippen molar-refractivity contribution in [3.8, 4) is 0 Å². The molecular weight excluding hydrogens is 172 g/mol. The molecule has 1 aliphatic rings. The quantitative estimate of drug-likeness (QED) is 0.670. The molecule has 1 saturated heterocycles. The normalized spacial score (nSPS) is 24.2. The summed E-state index contributed by atoms with van der Waals surface area (Å²) < 4.78 is 0. The lowest BCUT2D eigenvalue weighted by atomic mass is 10.2. The Bertz CT molecular complexity index is 163. The van der Waals surface area contributed by atoms with E-state index in [4.69, 9.17) is 0 Å². The molecule has 0 aliphatic carbocycles. The fourth-order valence-corrected chi connectivity index (χ4v) is 1.80. The molecule has 1 atom stereocenters. The number of carbonyl (C=O) groups is 1. The number of rotatable bonds is 2. The minimum atomic E-state index is 0.274. The Hall–Kier alpha value is -0.220. The van der Waals surface area contributed by atoms with Gasteiger partial charge in [0.25, 0.3) is 0 Å². The summed E-state index contributed by atoms with van der Waals surface area (Å²) in [6, 6.07) is 0.449. The highest BCUT2D eigenvalue weighted by atomic mass is 32.2. The van der Waals surface area contributed by atoms with Gasteiger partial charge in [0.15, 0.2) is 0 Å². The Balaban J connectivity index is 2.35. The molecule has 12 heavy (non-hydrogen) atoms. The molecule has 0 saturated carbocycles. The van der Waals surface area contributed by atoms with Gasteiger partial charge in [0.05, 0.1) is 5.75 Å². The van der Waals surface area contributed by atoms with Gasteiger partial charge in [0.1, 0.15) is 0 Å². The van der Waals surface area contributed by atoms with Crippen LogP contribution in [0.5, 0.6) is 0 Å². The molecule has 1 unspecified atom stereocenters. The smallest absolute Gasteiger partial charge is 0.232 e. The Morgan fingerprint density at radius 3 is 3.08 bits per heavy atom. The van der Waals surface area contributed by atoms with Crippen LogP contribution >= 0.6 is 11.8 Å². The van der Waals surface area contributed by atoms with Crippen LogP contribution in [-0.2, 0) is 4.79 Å². The molecule has 0 bridgehead atoms. The summed E-state index contributed by atoms with van der Waals surface area (Å²) in [5.74, 6) is 0.892. The van der Waals surface area contributed by atoms with E-state index in [9.17, 15) is 4.79 Å². The number of nitrogens with zero attached hydrogens (tertiary/aromatic N) is 1. The van der Waals surface area contributed by atoms with Crippen LogP contribution in [0.2, 0.25) is 0 Å². The van der Waals surface area contributed by atoms with Crippen molar-refractivity contribution in [2.75, 3.05) is 31.6 Å². The molecule has 0 aromatic heterocycles. The van der Waals surface area contributed by atoms with Gasteiger partial charge in [0, 0.05) is 25.7 Å². The first kappa shape index (κ1) is 9.86. The maximum absolute atomic E-state index is 11.4. The summed E-state index contributed by atoms with van der Waals surface area (Å²) in [7, 11) is 0. The van der Waals surface area contributed by atoms with Crippen LogP contribution in [0.15, 0.2) is 0 Å². The van der Waals surface area contributed by atoms with E-state index in [2.05, 4.69) is 12.2 Å². The Labute approximate surface area is 77.9 Å². The van der Waals surface area contributed by atoms with Crippen LogP contribution in [-0.4, -0.2) is 48.5 Å². The van der Waals surface area contributed by atoms with Crippen LogP contribution in [0.25, 0.3) is 0 Å². The third-order valence-electron chi connectivity index (χ3n) is 1.99. The highest BCUT2D eigenvalue weighted by Crippen LogP contribution is 2.02. The van der Waals surface area contributed by atoms with Crippen LogP contribution in [0.4, 0.5) is 0 Å². The van der Waals surface area contributed by atoms with E-state index in [1.54, 1.807) is 11.8 Å². The fourth-order valence-electron chi connectivity index (χ4n) is 1.37. The van der Waals surface area contributed by atoms with Gasteiger partial charge in [-0.2, -0.15) is 11.8 Å². The summed E-state index contributed by atoms with van der Waals surface area (Å²) in [5.41, 5.74) is 0. The number of amides is 1. The second-order valence-corrected chi connectivity index (χ2v) is 3.99. The molecule has 0 radical (unpaired) electrons. The van der Waals surface area contributed by atoms with Crippen molar-refractivity contribution < 1.29 is 4.79 Å². The van der Waals surface area contributed by atoms with Crippen molar-refractivity contribution in [3.63, 3.8) is 0 Å². The van der Waals surface area contributed by atoms with Gasteiger partial charge < -0.3 is 10.2 Å². The van der Waals surface area contributed by atoms with Crippen molar-refractivity contribution in [1.82, 2.24) is 10.2 Å². The monoisotopic (exact) mass is 188 g/mol. The largest absolute Gasteiger partial charge is 0.339 e. The van der Waals surface area contributed by atoms with Gasteiger partial charge in [-0.3, -0.25) is 4.79 Å². The second-order valence-electron chi connectivity index (χ2n) is 3.13. The van der Waals surface area contributed by atoms with Crippen molar-refractivity contribution in [1.29, 1.82) is 0 Å². The number of carbonyl (C=O) groups excluding carboxylic acids is 1. The molecule has 1 N–H and O–H groups in total. The molecule has 4 heteroatoms. The van der Waals surface area contributed by atoms with E-state index in [-0.39, 0.29) is 5.91 Å². The summed E-state index contributed by atoms with van der Waals surface area (Å²) in [6.07, 6.45) is 1.96. The lowest BCUT2D eigenvalue weighted by Crippen LogP contribution is -2.51. The third kappa shape index (κ3) is 2.68. The highest BCUT2D eigenvalue weighted by Gasteiger charge is 2.19. The van der Waals surface area contributed by atoms with E-state index in [1.807, 2.05) is 11.2 Å². The predicted molar refractivity (Wildman–Crippen MR) is 52.4 cm³/mol. The van der Waals surface area contributed by atoms with Gasteiger partial charge >= 0.3 is 0 Å².